The third-order valence-electron chi connectivity index (χ3n) is 1.30. The predicted octanol–water partition coefficient (Wildman–Crippen LogP) is 4.45. The third-order valence-corrected chi connectivity index (χ3v) is 12.3. The van der Waals surface area contributed by atoms with E-state index < -0.39 is 18.3 Å². The minimum Gasteiger partial charge on any atom is -0.529 e. The van der Waals surface area contributed by atoms with Crippen molar-refractivity contribution in [1.82, 2.24) is 11.1 Å². The first-order valence-corrected chi connectivity index (χ1v) is 21.5. The fraction of sp³-hybridized carbons (Fsp3) is 0.667. The molecule has 0 unspecified atom stereocenters. The zero-order valence-electron chi connectivity index (χ0n) is 16.5. The molecule has 0 aromatic carbocycles. The summed E-state index contributed by atoms with van der Waals surface area (Å²) in [6.07, 6.45) is 7.34. The summed E-state index contributed by atoms with van der Waals surface area (Å²) < 4.78 is 3.28. The van der Waals surface area contributed by atoms with Gasteiger partial charge in [0, 0.05) is 65.9 Å². The number of hydrogen-bond acceptors (Lipinski definition) is 18. The second-order valence-corrected chi connectivity index (χ2v) is 17.5. The zero-order valence-corrected chi connectivity index (χ0v) is 27.4. The van der Waals surface area contributed by atoms with Crippen molar-refractivity contribution >= 4 is 149 Å². The summed E-state index contributed by atoms with van der Waals surface area (Å²) in [5.41, 5.74) is 0. The second kappa shape index (κ2) is 30.6. The molecule has 0 fully saturated rings. The largest absolute Gasteiger partial charge is 3.00 e. The Bertz CT molecular complexity index is 382. The Morgan fingerprint density at radius 3 is 0.645 bits per heavy atom. The number of carboxylic acid groups (broad SMARTS) is 3. The van der Waals surface area contributed by atoms with Crippen molar-refractivity contribution in [3.05, 3.63) is 0 Å². The van der Waals surface area contributed by atoms with E-state index in [1.165, 1.54) is 64.8 Å². The normalized spacial score (nSPS) is 9.10. The quantitative estimate of drug-likeness (QED) is 0.161. The molecule has 0 bridgehead atoms. The Balaban J connectivity index is -0.000000174. The fourth-order valence-electron chi connectivity index (χ4n) is 0.626. The van der Waals surface area contributed by atoms with Crippen LogP contribution in [0, 0.1) is 0 Å². The van der Waals surface area contributed by atoms with Crippen molar-refractivity contribution in [2.24, 2.45) is 0 Å². The maximum absolute atomic E-state index is 10.2. The van der Waals surface area contributed by atoms with Crippen molar-refractivity contribution in [2.75, 3.05) is 37.5 Å². The molecule has 0 aromatic heterocycles. The zero-order chi connectivity index (χ0) is 23.9. The molecule has 0 aliphatic rings. The van der Waals surface area contributed by atoms with E-state index in [4.69, 9.17) is 0 Å². The number of amides is 3. The molecule has 0 rings (SSSR count). The number of carbonyl (C=O) groups is 3. The molecule has 0 aliphatic heterocycles. The Kier molecular flexibility index (Phi) is 40.1. The van der Waals surface area contributed by atoms with Gasteiger partial charge in [0.1, 0.15) is 0 Å². The van der Waals surface area contributed by atoms with E-state index in [0.29, 0.717) is 0 Å². The molecule has 22 heteroatoms. The van der Waals surface area contributed by atoms with Gasteiger partial charge in [0.2, 0.25) is 0 Å². The van der Waals surface area contributed by atoms with Crippen LogP contribution in [-0.2, 0) is 17.1 Å². The third kappa shape index (κ3) is 28.7. The van der Waals surface area contributed by atoms with Crippen LogP contribution in [-0.4, -0.2) is 66.9 Å². The van der Waals surface area contributed by atoms with Gasteiger partial charge in [-0.1, -0.05) is 64.8 Å². The summed E-state index contributed by atoms with van der Waals surface area (Å²) in [6, 6.07) is 0. The molecule has 185 valence electrons. The summed E-state index contributed by atoms with van der Waals surface area (Å²) in [5.74, 6) is 0. The van der Waals surface area contributed by atoms with Crippen LogP contribution < -0.4 is 15.3 Å². The maximum Gasteiger partial charge on any atom is 3.00 e. The van der Waals surface area contributed by atoms with Gasteiger partial charge in [-0.05, 0) is 37.5 Å². The molecule has 3 amide bonds. The Hall–Kier alpha value is 2.53. The standard InChI is InChI=1S/3C3H7NO2S4.Fe/c3*1-7-9-4(3(5)6)10-8-2;/h3*1-2H3,(H,5,6);/q;;;+3/p-3. The average Bonchev–Trinajstić information content (AvgIpc) is 2.68. The topological polar surface area (TPSA) is 130 Å². The first-order valence-electron chi connectivity index (χ1n) is 6.44. The summed E-state index contributed by atoms with van der Waals surface area (Å²) in [5, 5.41) is 30.7. The van der Waals surface area contributed by atoms with Gasteiger partial charge in [0.15, 0.2) is 18.3 Å². The molecule has 0 N–H and O–H groups in total. The average molecular weight is 705 g/mol. The van der Waals surface area contributed by atoms with Crippen LogP contribution >= 0.6 is 131 Å². The molecule has 0 spiro atoms. The van der Waals surface area contributed by atoms with Crippen LogP contribution in [0.15, 0.2) is 0 Å². The van der Waals surface area contributed by atoms with Crippen molar-refractivity contribution in [1.29, 1.82) is 0 Å². The molecular formula is C9H18FeN3O6S12. The van der Waals surface area contributed by atoms with Crippen molar-refractivity contribution < 1.29 is 46.8 Å². The summed E-state index contributed by atoms with van der Waals surface area (Å²) in [4.78, 5) is 30.7. The van der Waals surface area contributed by atoms with Gasteiger partial charge in [-0.15, -0.1) is 0 Å². The van der Waals surface area contributed by atoms with Gasteiger partial charge in [0.05, 0.1) is 0 Å². The fourth-order valence-corrected chi connectivity index (χ4v) is 11.6. The molecule has 0 aliphatic carbocycles. The van der Waals surface area contributed by atoms with Crippen LogP contribution in [0.1, 0.15) is 0 Å². The Morgan fingerprint density at radius 2 is 0.581 bits per heavy atom. The Labute approximate surface area is 241 Å². The molecular weight excluding hydrogens is 687 g/mol. The van der Waals surface area contributed by atoms with Crippen LogP contribution in [0.3, 0.4) is 0 Å². The molecule has 0 saturated carbocycles. The van der Waals surface area contributed by atoms with Crippen LogP contribution in [0.2, 0.25) is 0 Å². The first-order chi connectivity index (χ1) is 14.2. The number of carbonyl (C=O) groups excluding carboxylic acids is 3. The van der Waals surface area contributed by atoms with Gasteiger partial charge in [-0.25, -0.2) is 11.1 Å². The van der Waals surface area contributed by atoms with Crippen molar-refractivity contribution in [3.8, 4) is 0 Å². The van der Waals surface area contributed by atoms with Gasteiger partial charge < -0.3 is 29.7 Å². The van der Waals surface area contributed by atoms with Crippen LogP contribution in [0.5, 0.6) is 0 Å². The minimum atomic E-state index is -1.17. The van der Waals surface area contributed by atoms with Crippen molar-refractivity contribution in [3.63, 3.8) is 0 Å². The molecule has 1 radical (unpaired) electrons. The second-order valence-electron chi connectivity index (χ2n) is 3.02. The molecule has 31 heavy (non-hydrogen) atoms. The summed E-state index contributed by atoms with van der Waals surface area (Å²) >= 11 is 0. The molecule has 0 aromatic rings. The molecule has 0 atom stereocenters. The van der Waals surface area contributed by atoms with Crippen LogP contribution in [0.25, 0.3) is 0 Å². The maximum atomic E-state index is 10.2. The first kappa shape index (κ1) is 40.7. The van der Waals surface area contributed by atoms with E-state index in [1.807, 2.05) is 37.5 Å². The molecule has 9 nitrogen and oxygen atoms in total. The minimum absolute atomic E-state index is 0. The molecule has 0 saturated heterocycles. The smallest absolute Gasteiger partial charge is 0.529 e. The number of hydrogen-bond donors (Lipinski definition) is 0. The van der Waals surface area contributed by atoms with Gasteiger partial charge in [0.25, 0.3) is 0 Å². The monoisotopic (exact) mass is 704 g/mol. The molecule has 0 heterocycles. The summed E-state index contributed by atoms with van der Waals surface area (Å²) in [6.45, 7) is 0. The number of rotatable bonds is 12. The van der Waals surface area contributed by atoms with E-state index in [9.17, 15) is 29.7 Å². The van der Waals surface area contributed by atoms with E-state index in [1.54, 1.807) is 0 Å². The van der Waals surface area contributed by atoms with Gasteiger partial charge >= 0.3 is 17.1 Å². The van der Waals surface area contributed by atoms with E-state index in [0.717, 1.165) is 77.0 Å². The van der Waals surface area contributed by atoms with Gasteiger partial charge in [-0.2, -0.15) is 0 Å². The Morgan fingerprint density at radius 1 is 0.452 bits per heavy atom. The van der Waals surface area contributed by atoms with E-state index >= 15 is 0 Å². The van der Waals surface area contributed by atoms with Crippen LogP contribution in [0.4, 0.5) is 14.4 Å². The van der Waals surface area contributed by atoms with Gasteiger partial charge in [-0.3, -0.25) is 0 Å². The van der Waals surface area contributed by atoms with E-state index in [2.05, 4.69) is 0 Å². The summed E-state index contributed by atoms with van der Waals surface area (Å²) in [7, 11) is 15.0. The SMILES string of the molecule is CSSN(SSC)C(=O)[O-].CSSN(SSC)C(=O)[O-].CSSN(SSC)C(=O)[O-].[Fe+3]. The van der Waals surface area contributed by atoms with E-state index in [-0.39, 0.29) is 17.1 Å². The van der Waals surface area contributed by atoms with Crippen molar-refractivity contribution in [2.45, 2.75) is 0 Å². The predicted molar refractivity (Wildman–Crippen MR) is 148 cm³/mol. The number of nitrogens with zero attached hydrogens (tertiary/aromatic N) is 3.